The summed E-state index contributed by atoms with van der Waals surface area (Å²) in [4.78, 5) is 7.95. The molecule has 2 nitrogen and oxygen atoms in total. The Morgan fingerprint density at radius 2 is 2.30 bits per heavy atom. The molecule has 0 N–H and O–H groups in total. The summed E-state index contributed by atoms with van der Waals surface area (Å²) < 4.78 is 0. The van der Waals surface area contributed by atoms with Crippen molar-refractivity contribution in [2.45, 2.75) is 13.8 Å². The van der Waals surface area contributed by atoms with Crippen LogP contribution in [-0.2, 0) is 0 Å². The van der Waals surface area contributed by atoms with Crippen LogP contribution in [0.2, 0.25) is 0 Å². The minimum Gasteiger partial charge on any atom is -0.245 e. The molecule has 10 heavy (non-hydrogen) atoms. The second-order valence-electron chi connectivity index (χ2n) is 2.09. The SMILES string of the molecule is C/C=C\c1ncncc1C. The molecule has 1 rings (SSSR count). The maximum Gasteiger partial charge on any atom is 0.116 e. The highest BCUT2D eigenvalue weighted by atomic mass is 14.8. The molecule has 0 aromatic carbocycles. The summed E-state index contributed by atoms with van der Waals surface area (Å²) in [7, 11) is 0. The van der Waals surface area contributed by atoms with Crippen LogP contribution in [0.25, 0.3) is 6.08 Å². The van der Waals surface area contributed by atoms with Gasteiger partial charge in [-0.25, -0.2) is 9.97 Å². The maximum absolute atomic E-state index is 4.07. The number of aryl methyl sites for hydroxylation is 1. The maximum atomic E-state index is 4.07. The minimum absolute atomic E-state index is 0.998. The molecule has 0 unspecified atom stereocenters. The van der Waals surface area contributed by atoms with E-state index < -0.39 is 0 Å². The molecule has 0 amide bonds. The topological polar surface area (TPSA) is 25.8 Å². The highest BCUT2D eigenvalue weighted by molar-refractivity contribution is 5.46. The van der Waals surface area contributed by atoms with Crippen LogP contribution < -0.4 is 0 Å². The monoisotopic (exact) mass is 134 g/mol. The molecule has 0 bridgehead atoms. The fraction of sp³-hybridized carbons (Fsp3) is 0.250. The Balaban J connectivity index is 3.03. The summed E-state index contributed by atoms with van der Waals surface area (Å²) >= 11 is 0. The summed E-state index contributed by atoms with van der Waals surface area (Å²) in [6.45, 7) is 3.97. The van der Waals surface area contributed by atoms with Gasteiger partial charge < -0.3 is 0 Å². The summed E-state index contributed by atoms with van der Waals surface area (Å²) in [6, 6.07) is 0. The van der Waals surface area contributed by atoms with E-state index in [-0.39, 0.29) is 0 Å². The van der Waals surface area contributed by atoms with Crippen LogP contribution in [0.15, 0.2) is 18.6 Å². The molecule has 0 fully saturated rings. The van der Waals surface area contributed by atoms with Gasteiger partial charge in [-0.1, -0.05) is 6.08 Å². The second kappa shape index (κ2) is 3.11. The molecule has 0 spiro atoms. The minimum atomic E-state index is 0.998. The van der Waals surface area contributed by atoms with Crippen molar-refractivity contribution >= 4 is 6.08 Å². The van der Waals surface area contributed by atoms with E-state index in [9.17, 15) is 0 Å². The molecule has 0 saturated heterocycles. The van der Waals surface area contributed by atoms with Crippen LogP contribution in [0, 0.1) is 6.92 Å². The van der Waals surface area contributed by atoms with Crippen LogP contribution in [0.5, 0.6) is 0 Å². The van der Waals surface area contributed by atoms with E-state index in [2.05, 4.69) is 9.97 Å². The van der Waals surface area contributed by atoms with Gasteiger partial charge in [0.2, 0.25) is 0 Å². The summed E-state index contributed by atoms with van der Waals surface area (Å²) in [5, 5.41) is 0. The first-order valence-corrected chi connectivity index (χ1v) is 3.24. The number of hydrogen-bond donors (Lipinski definition) is 0. The molecular weight excluding hydrogens is 124 g/mol. The standard InChI is InChI=1S/C8H10N2/c1-3-4-8-7(2)5-9-6-10-8/h3-6H,1-2H3/b4-3-. The third-order valence-electron chi connectivity index (χ3n) is 1.26. The van der Waals surface area contributed by atoms with E-state index in [1.54, 1.807) is 6.33 Å². The van der Waals surface area contributed by atoms with E-state index in [0.717, 1.165) is 11.3 Å². The van der Waals surface area contributed by atoms with Crippen molar-refractivity contribution in [2.24, 2.45) is 0 Å². The number of rotatable bonds is 1. The molecule has 0 atom stereocenters. The van der Waals surface area contributed by atoms with Crippen LogP contribution in [0.3, 0.4) is 0 Å². The van der Waals surface area contributed by atoms with Gasteiger partial charge in [-0.3, -0.25) is 0 Å². The highest BCUT2D eigenvalue weighted by Gasteiger charge is 1.90. The van der Waals surface area contributed by atoms with Crippen molar-refractivity contribution in [3.63, 3.8) is 0 Å². The number of hydrogen-bond acceptors (Lipinski definition) is 2. The van der Waals surface area contributed by atoms with Crippen molar-refractivity contribution in [1.82, 2.24) is 9.97 Å². The zero-order valence-electron chi connectivity index (χ0n) is 6.20. The van der Waals surface area contributed by atoms with Gasteiger partial charge in [-0.05, 0) is 25.5 Å². The second-order valence-corrected chi connectivity index (χ2v) is 2.09. The number of allylic oxidation sites excluding steroid dienone is 1. The Morgan fingerprint density at radius 3 is 2.90 bits per heavy atom. The van der Waals surface area contributed by atoms with Gasteiger partial charge in [0, 0.05) is 6.20 Å². The predicted octanol–water partition coefficient (Wildman–Crippen LogP) is 1.82. The van der Waals surface area contributed by atoms with E-state index in [1.165, 1.54) is 0 Å². The lowest BCUT2D eigenvalue weighted by Crippen LogP contribution is -1.86. The van der Waals surface area contributed by atoms with Gasteiger partial charge in [0.05, 0.1) is 5.69 Å². The molecule has 1 aromatic heterocycles. The normalized spacial score (nSPS) is 10.6. The van der Waals surface area contributed by atoms with Gasteiger partial charge in [-0.15, -0.1) is 0 Å². The number of nitrogens with zero attached hydrogens (tertiary/aromatic N) is 2. The molecule has 0 radical (unpaired) electrons. The first-order chi connectivity index (χ1) is 4.84. The molecule has 52 valence electrons. The van der Waals surface area contributed by atoms with E-state index in [0.29, 0.717) is 0 Å². The summed E-state index contributed by atoms with van der Waals surface area (Å²) in [5.74, 6) is 0. The molecule has 1 aromatic rings. The van der Waals surface area contributed by atoms with E-state index in [1.807, 2.05) is 32.2 Å². The summed E-state index contributed by atoms with van der Waals surface area (Å²) in [6.07, 6.45) is 7.30. The van der Waals surface area contributed by atoms with Crippen molar-refractivity contribution in [3.05, 3.63) is 29.9 Å². The Bertz CT molecular complexity index is 241. The number of aromatic nitrogens is 2. The molecule has 0 aliphatic rings. The average Bonchev–Trinajstić information content (AvgIpc) is 1.94. The lowest BCUT2D eigenvalue weighted by molar-refractivity contribution is 1.11. The third-order valence-corrected chi connectivity index (χ3v) is 1.26. The lowest BCUT2D eigenvalue weighted by Gasteiger charge is -1.94. The third kappa shape index (κ3) is 1.41. The smallest absolute Gasteiger partial charge is 0.116 e. The van der Waals surface area contributed by atoms with Gasteiger partial charge in [-0.2, -0.15) is 0 Å². The van der Waals surface area contributed by atoms with Crippen LogP contribution in [0.4, 0.5) is 0 Å². The van der Waals surface area contributed by atoms with Gasteiger partial charge in [0.25, 0.3) is 0 Å². The fourth-order valence-electron chi connectivity index (χ4n) is 0.741. The highest BCUT2D eigenvalue weighted by Crippen LogP contribution is 2.02. The van der Waals surface area contributed by atoms with Crippen molar-refractivity contribution in [1.29, 1.82) is 0 Å². The van der Waals surface area contributed by atoms with Gasteiger partial charge in [0.15, 0.2) is 0 Å². The molecule has 0 saturated carbocycles. The fourth-order valence-corrected chi connectivity index (χ4v) is 0.741. The molecular formula is C8H10N2. The summed E-state index contributed by atoms with van der Waals surface area (Å²) in [5.41, 5.74) is 2.11. The van der Waals surface area contributed by atoms with Crippen molar-refractivity contribution in [2.75, 3.05) is 0 Å². The van der Waals surface area contributed by atoms with Gasteiger partial charge in [0.1, 0.15) is 6.33 Å². The molecule has 0 aliphatic carbocycles. The zero-order valence-corrected chi connectivity index (χ0v) is 6.20. The van der Waals surface area contributed by atoms with Crippen LogP contribution in [0.1, 0.15) is 18.2 Å². The first kappa shape index (κ1) is 6.93. The zero-order chi connectivity index (χ0) is 7.40. The lowest BCUT2D eigenvalue weighted by atomic mass is 10.2. The van der Waals surface area contributed by atoms with Gasteiger partial charge >= 0.3 is 0 Å². The first-order valence-electron chi connectivity index (χ1n) is 3.24. The average molecular weight is 134 g/mol. The Morgan fingerprint density at radius 1 is 1.50 bits per heavy atom. The van der Waals surface area contributed by atoms with Crippen molar-refractivity contribution in [3.8, 4) is 0 Å². The van der Waals surface area contributed by atoms with Crippen LogP contribution in [-0.4, -0.2) is 9.97 Å². The van der Waals surface area contributed by atoms with E-state index in [4.69, 9.17) is 0 Å². The molecule has 2 heteroatoms. The Hall–Kier alpha value is -1.18. The van der Waals surface area contributed by atoms with Crippen LogP contribution >= 0.6 is 0 Å². The molecule has 0 aliphatic heterocycles. The largest absolute Gasteiger partial charge is 0.245 e. The Labute approximate surface area is 60.6 Å². The van der Waals surface area contributed by atoms with E-state index >= 15 is 0 Å². The predicted molar refractivity (Wildman–Crippen MR) is 41.5 cm³/mol. The molecule has 1 heterocycles. The Kier molecular flexibility index (Phi) is 2.15. The van der Waals surface area contributed by atoms with Crippen molar-refractivity contribution < 1.29 is 0 Å². The quantitative estimate of drug-likeness (QED) is 0.585.